The smallest absolute Gasteiger partial charge is 0.305 e. The maximum absolute atomic E-state index is 11.7. The molecule has 9 heteroatoms. The summed E-state index contributed by atoms with van der Waals surface area (Å²) in [7, 11) is 1.57. The number of carbonyl (C=O) groups is 2. The molecule has 1 aliphatic heterocycles. The van der Waals surface area contributed by atoms with Gasteiger partial charge in [0.15, 0.2) is 5.82 Å². The number of fused-ring (bicyclic) bond motifs is 1. The van der Waals surface area contributed by atoms with Crippen LogP contribution in [-0.4, -0.2) is 50.8 Å². The van der Waals surface area contributed by atoms with E-state index in [2.05, 4.69) is 15.6 Å². The predicted octanol–water partition coefficient (Wildman–Crippen LogP) is -0.514. The zero-order chi connectivity index (χ0) is 13.1. The van der Waals surface area contributed by atoms with E-state index >= 15 is 0 Å². The zero-order valence-electron chi connectivity index (χ0n) is 9.62. The predicted molar refractivity (Wildman–Crippen MR) is 61.9 cm³/mol. The fraction of sp³-hybridized carbons (Fsp3) is 0.556. The van der Waals surface area contributed by atoms with Crippen LogP contribution >= 0.6 is 11.8 Å². The fourth-order valence-electron chi connectivity index (χ4n) is 1.50. The monoisotopic (exact) mass is 272 g/mol. The Hall–Kier alpha value is -1.61. The molecule has 0 aromatic carbocycles. The second-order valence-corrected chi connectivity index (χ2v) is 4.83. The van der Waals surface area contributed by atoms with Crippen LogP contribution < -0.4 is 5.43 Å². The molecule has 1 amide bonds. The molecule has 18 heavy (non-hydrogen) atoms. The maximum atomic E-state index is 11.7. The number of carbonyl (C=O) groups excluding carboxylic acids is 1. The molecule has 1 unspecified atom stereocenters. The fourth-order valence-corrected chi connectivity index (χ4v) is 2.48. The molecule has 8 nitrogen and oxygen atoms in total. The highest BCUT2D eigenvalue weighted by Crippen LogP contribution is 2.28. The molecule has 0 aliphatic carbocycles. The van der Waals surface area contributed by atoms with E-state index in [0.29, 0.717) is 24.0 Å². The highest BCUT2D eigenvalue weighted by molar-refractivity contribution is 8.00. The molecule has 0 bridgehead atoms. The Bertz CT molecular complexity index is 475. The molecule has 2 heterocycles. The van der Waals surface area contributed by atoms with Gasteiger partial charge in [-0.3, -0.25) is 15.0 Å². The summed E-state index contributed by atoms with van der Waals surface area (Å²) in [4.78, 5) is 22.3. The Balaban J connectivity index is 2.13. The molecule has 0 saturated carbocycles. The van der Waals surface area contributed by atoms with Crippen LogP contribution in [0.1, 0.15) is 12.2 Å². The van der Waals surface area contributed by atoms with E-state index in [1.165, 1.54) is 4.68 Å². The van der Waals surface area contributed by atoms with Crippen molar-refractivity contribution in [2.24, 2.45) is 0 Å². The molecular formula is C9H12N4O4S. The standard InChI is InChI=1S/C9H12N4O4S/c1-17-3-2-6-10-11-9-13(6)12-8(16)5(18-9)4-7(14)15/h5H,2-4H2,1H3,(H,12,16)(H,14,15). The largest absolute Gasteiger partial charge is 0.481 e. The molecule has 1 atom stereocenters. The highest BCUT2D eigenvalue weighted by atomic mass is 32.2. The summed E-state index contributed by atoms with van der Waals surface area (Å²) in [6.07, 6.45) is 0.282. The second-order valence-electron chi connectivity index (χ2n) is 3.66. The Morgan fingerprint density at radius 2 is 2.39 bits per heavy atom. The van der Waals surface area contributed by atoms with E-state index in [4.69, 9.17) is 9.84 Å². The second kappa shape index (κ2) is 5.36. The number of amides is 1. The van der Waals surface area contributed by atoms with Gasteiger partial charge in [0.05, 0.1) is 13.0 Å². The molecule has 0 saturated heterocycles. The van der Waals surface area contributed by atoms with Gasteiger partial charge >= 0.3 is 5.97 Å². The number of hydrogen-bond acceptors (Lipinski definition) is 6. The van der Waals surface area contributed by atoms with Crippen molar-refractivity contribution >= 4 is 23.6 Å². The van der Waals surface area contributed by atoms with Crippen LogP contribution in [0.15, 0.2) is 5.16 Å². The van der Waals surface area contributed by atoms with E-state index in [-0.39, 0.29) is 12.3 Å². The van der Waals surface area contributed by atoms with E-state index in [0.717, 1.165) is 11.8 Å². The van der Waals surface area contributed by atoms with Crippen LogP contribution in [0.4, 0.5) is 0 Å². The normalized spacial score (nSPS) is 18.3. The van der Waals surface area contributed by atoms with E-state index in [9.17, 15) is 9.59 Å². The van der Waals surface area contributed by atoms with Crippen molar-refractivity contribution in [3.8, 4) is 0 Å². The third-order valence-electron chi connectivity index (χ3n) is 2.35. The van der Waals surface area contributed by atoms with Crippen molar-refractivity contribution in [3.63, 3.8) is 0 Å². The zero-order valence-corrected chi connectivity index (χ0v) is 10.4. The molecule has 2 N–H and O–H groups in total. The molecule has 0 fully saturated rings. The number of rotatable bonds is 5. The van der Waals surface area contributed by atoms with Gasteiger partial charge in [-0.05, 0) is 0 Å². The SMILES string of the molecule is COCCc1nnc2n1NC(=O)C(CC(=O)O)S2. The Morgan fingerprint density at radius 3 is 3.06 bits per heavy atom. The number of nitrogens with one attached hydrogen (secondary N) is 1. The minimum atomic E-state index is -1.02. The summed E-state index contributed by atoms with van der Waals surface area (Å²) in [6, 6.07) is 0. The summed E-state index contributed by atoms with van der Waals surface area (Å²) in [5.41, 5.74) is 2.59. The van der Waals surface area contributed by atoms with Gasteiger partial charge in [-0.2, -0.15) is 0 Å². The molecule has 1 aromatic rings. The summed E-state index contributed by atoms with van der Waals surface area (Å²) in [5, 5.41) is 16.4. The van der Waals surface area contributed by atoms with Gasteiger partial charge in [0.25, 0.3) is 5.91 Å². The lowest BCUT2D eigenvalue weighted by atomic mass is 10.3. The van der Waals surface area contributed by atoms with Crippen molar-refractivity contribution in [2.45, 2.75) is 23.2 Å². The van der Waals surface area contributed by atoms with Gasteiger partial charge in [0.2, 0.25) is 5.16 Å². The number of nitrogens with zero attached hydrogens (tertiary/aromatic N) is 3. The quantitative estimate of drug-likeness (QED) is 0.743. The Kier molecular flexibility index (Phi) is 3.82. The topological polar surface area (TPSA) is 106 Å². The Labute approximate surface area is 107 Å². The van der Waals surface area contributed by atoms with E-state index in [1.807, 2.05) is 0 Å². The summed E-state index contributed by atoms with van der Waals surface area (Å²) < 4.78 is 6.40. The average molecular weight is 272 g/mol. The first-order valence-corrected chi connectivity index (χ1v) is 6.12. The average Bonchev–Trinajstić information content (AvgIpc) is 2.69. The lowest BCUT2D eigenvalue weighted by molar-refractivity contribution is -0.138. The molecule has 0 spiro atoms. The number of aliphatic carboxylic acids is 1. The van der Waals surface area contributed by atoms with Gasteiger partial charge in [-0.25, -0.2) is 4.68 Å². The molecular weight excluding hydrogens is 260 g/mol. The van der Waals surface area contributed by atoms with Gasteiger partial charge in [-0.1, -0.05) is 11.8 Å². The van der Waals surface area contributed by atoms with Crippen molar-refractivity contribution in [2.75, 3.05) is 19.1 Å². The van der Waals surface area contributed by atoms with Crippen molar-refractivity contribution in [1.82, 2.24) is 14.9 Å². The lowest BCUT2D eigenvalue weighted by Gasteiger charge is -2.21. The first-order valence-electron chi connectivity index (χ1n) is 5.24. The molecule has 1 aliphatic rings. The van der Waals surface area contributed by atoms with Crippen molar-refractivity contribution < 1.29 is 19.4 Å². The summed E-state index contributed by atoms with van der Waals surface area (Å²) >= 11 is 1.10. The minimum absolute atomic E-state index is 0.239. The number of carboxylic acids is 1. The number of hydrogen-bond donors (Lipinski definition) is 2. The first-order chi connectivity index (χ1) is 8.61. The lowest BCUT2D eigenvalue weighted by Crippen LogP contribution is -2.38. The van der Waals surface area contributed by atoms with Gasteiger partial charge in [-0.15, -0.1) is 10.2 Å². The third-order valence-corrected chi connectivity index (χ3v) is 3.49. The minimum Gasteiger partial charge on any atom is -0.481 e. The van der Waals surface area contributed by atoms with Crippen molar-refractivity contribution in [1.29, 1.82) is 0 Å². The highest BCUT2D eigenvalue weighted by Gasteiger charge is 2.31. The van der Waals surface area contributed by atoms with Crippen molar-refractivity contribution in [3.05, 3.63) is 5.82 Å². The number of carboxylic acid groups (broad SMARTS) is 1. The molecule has 98 valence electrons. The maximum Gasteiger partial charge on any atom is 0.305 e. The van der Waals surface area contributed by atoms with Gasteiger partial charge in [0, 0.05) is 13.5 Å². The van der Waals surface area contributed by atoms with Crippen LogP contribution in [0.25, 0.3) is 0 Å². The molecule has 1 aromatic heterocycles. The van der Waals surface area contributed by atoms with Crippen LogP contribution in [0.2, 0.25) is 0 Å². The van der Waals surface area contributed by atoms with Gasteiger partial charge in [0.1, 0.15) is 5.25 Å². The number of ether oxygens (including phenoxy) is 1. The van der Waals surface area contributed by atoms with Crippen LogP contribution in [0.3, 0.4) is 0 Å². The van der Waals surface area contributed by atoms with Gasteiger partial charge < -0.3 is 9.84 Å². The number of methoxy groups -OCH3 is 1. The van der Waals surface area contributed by atoms with Crippen LogP contribution in [-0.2, 0) is 20.7 Å². The number of thioether (sulfide) groups is 1. The van der Waals surface area contributed by atoms with E-state index < -0.39 is 11.2 Å². The Morgan fingerprint density at radius 1 is 1.61 bits per heavy atom. The summed E-state index contributed by atoms with van der Waals surface area (Å²) in [6.45, 7) is 0.469. The first kappa shape index (κ1) is 12.8. The molecule has 0 radical (unpaired) electrons. The van der Waals surface area contributed by atoms with Crippen LogP contribution in [0, 0.1) is 0 Å². The molecule has 2 rings (SSSR count). The summed E-state index contributed by atoms with van der Waals surface area (Å²) in [5.74, 6) is -0.787. The number of aromatic nitrogens is 3. The van der Waals surface area contributed by atoms with E-state index in [1.54, 1.807) is 7.11 Å². The van der Waals surface area contributed by atoms with Crippen LogP contribution in [0.5, 0.6) is 0 Å². The third kappa shape index (κ3) is 2.62.